The number of ether oxygens (including phenoxy) is 2. The van der Waals surface area contributed by atoms with Crippen molar-refractivity contribution in [1.29, 1.82) is 0 Å². The zero-order chi connectivity index (χ0) is 22.5. The summed E-state index contributed by atoms with van der Waals surface area (Å²) < 4.78 is 24.9. The van der Waals surface area contributed by atoms with E-state index in [1.54, 1.807) is 53.4 Å². The van der Waals surface area contributed by atoms with E-state index in [2.05, 4.69) is 0 Å². The molecule has 32 heavy (non-hydrogen) atoms. The number of imide groups is 1. The molecule has 0 spiro atoms. The first-order valence-electron chi connectivity index (χ1n) is 10.1. The molecular formula is C23H21FN2O5S. The number of thioether (sulfide) groups is 1. The van der Waals surface area contributed by atoms with Crippen LogP contribution in [0, 0.1) is 5.82 Å². The Hall–Kier alpha value is -3.17. The molecule has 2 aromatic carbocycles. The molecule has 4 rings (SSSR count). The zero-order valence-electron chi connectivity index (χ0n) is 17.2. The van der Waals surface area contributed by atoms with Crippen LogP contribution in [0.5, 0.6) is 5.75 Å². The second-order valence-corrected chi connectivity index (χ2v) is 8.17. The topological polar surface area (TPSA) is 76.2 Å². The Kier molecular flexibility index (Phi) is 6.87. The lowest BCUT2D eigenvalue weighted by Crippen LogP contribution is -2.46. The minimum atomic E-state index is -0.523. The van der Waals surface area contributed by atoms with Crippen LogP contribution in [-0.4, -0.2) is 59.7 Å². The van der Waals surface area contributed by atoms with Crippen molar-refractivity contribution in [2.75, 3.05) is 32.8 Å². The molecule has 2 heterocycles. The summed E-state index contributed by atoms with van der Waals surface area (Å²) in [5.74, 6) is -0.723. The van der Waals surface area contributed by atoms with Crippen molar-refractivity contribution in [1.82, 2.24) is 9.80 Å². The summed E-state index contributed by atoms with van der Waals surface area (Å²) in [5.41, 5.74) is 0.984. The van der Waals surface area contributed by atoms with Crippen LogP contribution < -0.4 is 4.74 Å². The Morgan fingerprint density at radius 1 is 1.09 bits per heavy atom. The Balaban J connectivity index is 1.47. The van der Waals surface area contributed by atoms with Gasteiger partial charge in [-0.1, -0.05) is 36.4 Å². The van der Waals surface area contributed by atoms with E-state index in [-0.39, 0.29) is 29.8 Å². The molecule has 2 aromatic rings. The van der Waals surface area contributed by atoms with Gasteiger partial charge in [-0.25, -0.2) is 4.39 Å². The number of carbonyl (C=O) groups excluding carboxylic acids is 3. The molecule has 166 valence electrons. The fraction of sp³-hybridized carbons (Fsp3) is 0.261. The SMILES string of the molecule is O=C(CN1C(=O)S/C(=C\c2ccccc2OCc2ccccc2F)C1=O)N1CCOCC1. The van der Waals surface area contributed by atoms with E-state index in [1.165, 1.54) is 6.07 Å². The lowest BCUT2D eigenvalue weighted by atomic mass is 10.1. The second kappa shape index (κ2) is 9.97. The maximum Gasteiger partial charge on any atom is 0.294 e. The molecule has 3 amide bonds. The van der Waals surface area contributed by atoms with Crippen molar-refractivity contribution in [2.45, 2.75) is 6.61 Å². The van der Waals surface area contributed by atoms with Crippen LogP contribution in [0.1, 0.15) is 11.1 Å². The summed E-state index contributed by atoms with van der Waals surface area (Å²) in [6.07, 6.45) is 1.56. The van der Waals surface area contributed by atoms with Gasteiger partial charge in [0.1, 0.15) is 24.7 Å². The van der Waals surface area contributed by atoms with Gasteiger partial charge in [0.25, 0.3) is 11.1 Å². The van der Waals surface area contributed by atoms with Crippen LogP contribution in [-0.2, 0) is 20.9 Å². The summed E-state index contributed by atoms with van der Waals surface area (Å²) in [5, 5.41) is -0.493. The number of amides is 3. The predicted molar refractivity (Wildman–Crippen MR) is 117 cm³/mol. The molecule has 0 aromatic heterocycles. The molecule has 0 bridgehead atoms. The molecule has 9 heteroatoms. The van der Waals surface area contributed by atoms with E-state index < -0.39 is 11.1 Å². The molecule has 0 aliphatic carbocycles. The third-order valence-corrected chi connectivity index (χ3v) is 5.98. The van der Waals surface area contributed by atoms with Crippen LogP contribution >= 0.6 is 11.8 Å². The summed E-state index contributed by atoms with van der Waals surface area (Å²) in [4.78, 5) is 40.4. The molecular weight excluding hydrogens is 435 g/mol. The Bertz CT molecular complexity index is 1070. The highest BCUT2D eigenvalue weighted by molar-refractivity contribution is 8.18. The number of halogens is 1. The van der Waals surface area contributed by atoms with Crippen molar-refractivity contribution in [3.05, 3.63) is 70.4 Å². The van der Waals surface area contributed by atoms with E-state index in [0.29, 0.717) is 43.2 Å². The first-order chi connectivity index (χ1) is 15.5. The van der Waals surface area contributed by atoms with E-state index in [9.17, 15) is 18.8 Å². The third-order valence-electron chi connectivity index (χ3n) is 5.08. The van der Waals surface area contributed by atoms with Gasteiger partial charge in [0.2, 0.25) is 5.91 Å². The quantitative estimate of drug-likeness (QED) is 0.621. The predicted octanol–water partition coefficient (Wildman–Crippen LogP) is 3.30. The van der Waals surface area contributed by atoms with Crippen molar-refractivity contribution in [2.24, 2.45) is 0 Å². The number of rotatable bonds is 6. The van der Waals surface area contributed by atoms with Gasteiger partial charge in [0.05, 0.1) is 18.1 Å². The Labute approximate surface area is 188 Å². The number of carbonyl (C=O) groups is 3. The lowest BCUT2D eigenvalue weighted by molar-refractivity contribution is -0.139. The maximum atomic E-state index is 13.9. The third kappa shape index (κ3) is 5.00. The van der Waals surface area contributed by atoms with Crippen molar-refractivity contribution >= 4 is 34.9 Å². The monoisotopic (exact) mass is 456 g/mol. The van der Waals surface area contributed by atoms with Crippen molar-refractivity contribution in [3.8, 4) is 5.75 Å². The standard InChI is InChI=1S/C23H21FN2O5S/c24-18-7-3-1-6-17(18)15-31-19-8-4-2-5-16(19)13-20-22(28)26(23(29)32-20)14-21(27)25-9-11-30-12-10-25/h1-8,13H,9-12,14-15H2/b20-13-. The molecule has 2 aliphatic heterocycles. The van der Waals surface area contributed by atoms with Gasteiger partial charge in [-0.2, -0.15) is 0 Å². The number of nitrogens with zero attached hydrogens (tertiary/aromatic N) is 2. The Morgan fingerprint density at radius 2 is 1.81 bits per heavy atom. The van der Waals surface area contributed by atoms with E-state index in [4.69, 9.17) is 9.47 Å². The highest BCUT2D eigenvalue weighted by Gasteiger charge is 2.37. The number of hydrogen-bond donors (Lipinski definition) is 0. The first-order valence-corrected chi connectivity index (χ1v) is 10.9. The second-order valence-electron chi connectivity index (χ2n) is 7.18. The average molecular weight is 456 g/mol. The molecule has 0 saturated carbocycles. The minimum absolute atomic E-state index is 0.0209. The fourth-order valence-electron chi connectivity index (χ4n) is 3.33. The molecule has 0 unspecified atom stereocenters. The van der Waals surface area contributed by atoms with Gasteiger partial charge in [-0.05, 0) is 30.0 Å². The maximum absolute atomic E-state index is 13.9. The van der Waals surface area contributed by atoms with Gasteiger partial charge >= 0.3 is 0 Å². The Morgan fingerprint density at radius 3 is 2.59 bits per heavy atom. The highest BCUT2D eigenvalue weighted by atomic mass is 32.2. The summed E-state index contributed by atoms with van der Waals surface area (Å²) in [6, 6.07) is 13.3. The number of hydrogen-bond acceptors (Lipinski definition) is 6. The molecule has 2 fully saturated rings. The minimum Gasteiger partial charge on any atom is -0.488 e. The van der Waals surface area contributed by atoms with Crippen molar-refractivity contribution < 1.29 is 28.2 Å². The summed E-state index contributed by atoms with van der Waals surface area (Å²) in [6.45, 7) is 1.49. The smallest absolute Gasteiger partial charge is 0.294 e. The fourth-order valence-corrected chi connectivity index (χ4v) is 4.16. The first kappa shape index (κ1) is 22.0. The molecule has 2 aliphatic rings. The van der Waals surface area contributed by atoms with Crippen LogP contribution in [0.4, 0.5) is 9.18 Å². The molecule has 0 atom stereocenters. The van der Waals surface area contributed by atoms with E-state index in [0.717, 1.165) is 16.7 Å². The van der Waals surface area contributed by atoms with Crippen molar-refractivity contribution in [3.63, 3.8) is 0 Å². The van der Waals surface area contributed by atoms with E-state index >= 15 is 0 Å². The van der Waals surface area contributed by atoms with Crippen LogP contribution in [0.25, 0.3) is 6.08 Å². The highest BCUT2D eigenvalue weighted by Crippen LogP contribution is 2.34. The normalized spacial score (nSPS) is 17.8. The molecule has 7 nitrogen and oxygen atoms in total. The largest absolute Gasteiger partial charge is 0.488 e. The zero-order valence-corrected chi connectivity index (χ0v) is 18.0. The number of morpholine rings is 1. The van der Waals surface area contributed by atoms with Gasteiger partial charge < -0.3 is 14.4 Å². The van der Waals surface area contributed by atoms with E-state index in [1.807, 2.05) is 0 Å². The van der Waals surface area contributed by atoms with Crippen LogP contribution in [0.15, 0.2) is 53.4 Å². The van der Waals surface area contributed by atoms with Crippen LogP contribution in [0.3, 0.4) is 0 Å². The summed E-state index contributed by atoms with van der Waals surface area (Å²) in [7, 11) is 0. The van der Waals surface area contributed by atoms with Gasteiger partial charge in [-0.3, -0.25) is 19.3 Å². The molecule has 0 radical (unpaired) electrons. The number of benzene rings is 2. The lowest BCUT2D eigenvalue weighted by Gasteiger charge is -2.28. The number of para-hydroxylation sites is 1. The molecule has 2 saturated heterocycles. The molecule has 0 N–H and O–H groups in total. The van der Waals surface area contributed by atoms with Gasteiger partial charge in [0.15, 0.2) is 0 Å². The van der Waals surface area contributed by atoms with Crippen LogP contribution in [0.2, 0.25) is 0 Å². The average Bonchev–Trinajstić information content (AvgIpc) is 3.07. The van der Waals surface area contributed by atoms with Gasteiger partial charge in [-0.15, -0.1) is 0 Å². The summed E-state index contributed by atoms with van der Waals surface area (Å²) >= 11 is 0.778. The van der Waals surface area contributed by atoms with Gasteiger partial charge in [0, 0.05) is 24.2 Å².